The third kappa shape index (κ3) is 92.0. The standard InChI is InChI=1S/3C12H18O2S2.2C2H3N.8Cu.8HI/c3*1-15-9-7-13-11-3-5-12(6-4-11)14-8-10-16-2;2*1-2-3;;;;;;;;;;;;;;;;/h3*3-6H,7-10H2,1-2H3;2*1H3;;;;;;;;;8*1H/q;;;;;8*+1;;;;;;;;/p-8. The van der Waals surface area contributed by atoms with Crippen molar-refractivity contribution in [3.8, 4) is 46.6 Å². The number of nitriles is 2. The first-order valence-corrected chi connectivity index (χ1v) is 50.6. The molecule has 0 aliphatic heterocycles. The third-order valence-electron chi connectivity index (χ3n) is 5.81. The molecular weight excluding hydrogens is 2320 g/mol. The van der Waals surface area contributed by atoms with Gasteiger partial charge in [0.1, 0.15) is 34.5 Å². The quantitative estimate of drug-likeness (QED) is 0.0483. The minimum atomic E-state index is 0.758. The van der Waals surface area contributed by atoms with Gasteiger partial charge in [-0.05, 0) is 110 Å². The van der Waals surface area contributed by atoms with E-state index >= 15 is 0 Å². The summed E-state index contributed by atoms with van der Waals surface area (Å²) in [4.78, 5) is 0. The van der Waals surface area contributed by atoms with Crippen LogP contribution in [0.2, 0.25) is 0 Å². The van der Waals surface area contributed by atoms with Crippen molar-refractivity contribution in [2.45, 2.75) is 13.8 Å². The second kappa shape index (κ2) is 108. The Kier molecular flexibility index (Phi) is 154. The zero-order valence-electron chi connectivity index (χ0n) is 38.6. The Morgan fingerprint density at radius 2 is 0.386 bits per heavy atom. The zero-order valence-corrected chi connectivity index (χ0v) is 68.3. The number of nitrogens with zero attached hydrogens (tertiary/aromatic N) is 2. The number of halogens is 8. The summed E-state index contributed by atoms with van der Waals surface area (Å²) in [6, 6.07) is 26.9. The van der Waals surface area contributed by atoms with Gasteiger partial charge in [-0.2, -0.15) is 81.1 Å². The van der Waals surface area contributed by atoms with Crippen LogP contribution in [0, 0.1) is 22.7 Å². The molecule has 0 aliphatic carbocycles. The van der Waals surface area contributed by atoms with Crippen molar-refractivity contribution in [2.24, 2.45) is 0 Å². The van der Waals surface area contributed by atoms with Gasteiger partial charge in [0.15, 0.2) is 0 Å². The van der Waals surface area contributed by atoms with E-state index in [2.05, 4.69) is 140 Å². The summed E-state index contributed by atoms with van der Waals surface area (Å²) in [6.07, 6.45) is 12.5. The Hall–Kier alpha value is 7.54. The molecule has 0 saturated heterocycles. The van der Waals surface area contributed by atoms with Gasteiger partial charge >= 0.3 is 265 Å². The molecule has 0 atom stereocenters. The van der Waals surface area contributed by atoms with Crippen LogP contribution >= 0.6 is 233 Å². The molecule has 0 saturated carbocycles. The van der Waals surface area contributed by atoms with E-state index in [4.69, 9.17) is 38.9 Å². The SMILES string of the molecule is CC#N.CC#N.CSCCOc1ccc(OCCSC)cc1.CSCCOc1ccc(OCCSC)cc1.CSCCOc1ccc(OCCSC)cc1.[Cu][I].[Cu][I].[Cu][I].[Cu][I].[Cu][I].[Cu][I].[Cu][I].[Cu][I]. The van der Waals surface area contributed by atoms with Gasteiger partial charge in [-0.25, -0.2) is 0 Å². The van der Waals surface area contributed by atoms with Crippen LogP contribution in [0.3, 0.4) is 0 Å². The molecule has 0 unspecified atom stereocenters. The Labute approximate surface area is 606 Å². The molecule has 8 nitrogen and oxygen atoms in total. The van der Waals surface area contributed by atoms with Gasteiger partial charge in [-0.1, -0.05) is 0 Å². The predicted octanol–water partition coefficient (Wildman–Crippen LogP) is 17.6. The van der Waals surface area contributed by atoms with Gasteiger partial charge in [0, 0.05) is 48.4 Å². The molecule has 0 heterocycles. The molecule has 0 N–H and O–H groups in total. The molecule has 0 aliphatic rings. The van der Waals surface area contributed by atoms with Crippen LogP contribution in [0.1, 0.15) is 13.8 Å². The number of hydrogen-bond acceptors (Lipinski definition) is 14. The Morgan fingerprint density at radius 1 is 0.300 bits per heavy atom. The van der Waals surface area contributed by atoms with Gasteiger partial charge in [0.25, 0.3) is 0 Å². The Bertz CT molecular complexity index is 1120. The van der Waals surface area contributed by atoms with E-state index in [-0.39, 0.29) is 0 Å². The van der Waals surface area contributed by atoms with Crippen LogP contribution in [0.15, 0.2) is 72.8 Å². The van der Waals surface area contributed by atoms with Crippen LogP contribution in [-0.4, -0.2) is 112 Å². The van der Waals surface area contributed by atoms with Crippen LogP contribution in [0.4, 0.5) is 0 Å². The van der Waals surface area contributed by atoms with Gasteiger partial charge in [0.2, 0.25) is 0 Å². The molecule has 0 spiro atoms. The molecule has 0 radical (unpaired) electrons. The molecule has 0 bridgehead atoms. The van der Waals surface area contributed by atoms with Crippen molar-refractivity contribution < 1.29 is 131 Å². The summed E-state index contributed by atoms with van der Waals surface area (Å²) in [7, 11) is 0. The zero-order chi connectivity index (χ0) is 56.3. The summed E-state index contributed by atoms with van der Waals surface area (Å²) >= 11 is 57.7. The number of hydrogen-bond donors (Lipinski definition) is 0. The van der Waals surface area contributed by atoms with Crippen LogP contribution < -0.4 is 28.4 Å². The van der Waals surface area contributed by atoms with Gasteiger partial charge in [-0.3, -0.25) is 0 Å². The predicted molar refractivity (Wildman–Crippen MR) is 357 cm³/mol. The third-order valence-corrected chi connectivity index (χ3v) is 9.26. The molecule has 0 aromatic heterocycles. The van der Waals surface area contributed by atoms with Crippen LogP contribution in [-0.2, 0) is 102 Å². The summed E-state index contributed by atoms with van der Waals surface area (Å²) in [5.41, 5.74) is 0. The van der Waals surface area contributed by atoms with Crippen molar-refractivity contribution >= 4 is 233 Å². The number of rotatable bonds is 24. The summed E-state index contributed by atoms with van der Waals surface area (Å²) in [5, 5.41) is 14.6. The Morgan fingerprint density at radius 3 is 0.457 bits per heavy atom. The van der Waals surface area contributed by atoms with Crippen molar-refractivity contribution in [2.75, 3.05) is 112 Å². The van der Waals surface area contributed by atoms with E-state index in [0.29, 0.717) is 0 Å². The number of ether oxygens (including phenoxy) is 6. The summed E-state index contributed by atoms with van der Waals surface area (Å²) in [6.45, 7) is 7.41. The minimum absolute atomic E-state index is 0.758. The molecule has 3 aromatic rings. The van der Waals surface area contributed by atoms with Crippen molar-refractivity contribution in [1.29, 1.82) is 10.5 Å². The van der Waals surface area contributed by atoms with Gasteiger partial charge in [0.05, 0.1) is 51.8 Å². The normalized spacial score (nSPS) is 7.97. The Balaban J connectivity index is -0.0000000800. The maximum atomic E-state index is 7.32. The average molecular weight is 2380 g/mol. The molecule has 70 heavy (non-hydrogen) atoms. The monoisotopic (exact) mass is 2370 g/mol. The second-order valence-corrected chi connectivity index (χ2v) is 15.8. The summed E-state index contributed by atoms with van der Waals surface area (Å²) in [5.74, 6) is 11.6. The number of thioether (sulfide) groups is 6. The van der Waals surface area contributed by atoms with E-state index in [1.165, 1.54) is 13.8 Å². The van der Waals surface area contributed by atoms with Crippen molar-refractivity contribution in [1.82, 2.24) is 0 Å². The first kappa shape index (κ1) is 99.6. The van der Waals surface area contributed by atoms with Crippen molar-refractivity contribution in [3.63, 3.8) is 0 Å². The molecule has 3 aromatic carbocycles. The van der Waals surface area contributed by atoms with E-state index in [9.17, 15) is 0 Å². The molecule has 3 rings (SSSR count). The van der Waals surface area contributed by atoms with E-state index in [1.54, 1.807) is 245 Å². The van der Waals surface area contributed by atoms with Gasteiger partial charge < -0.3 is 28.4 Å². The van der Waals surface area contributed by atoms with Crippen LogP contribution in [0.25, 0.3) is 0 Å². The first-order chi connectivity index (χ1) is 34.4. The topological polar surface area (TPSA) is 103 Å². The number of benzene rings is 3. The van der Waals surface area contributed by atoms with Crippen molar-refractivity contribution in [3.05, 3.63) is 72.8 Å². The average Bonchev–Trinajstić information content (AvgIpc) is 3.43. The maximum absolute atomic E-state index is 7.32. The fourth-order valence-electron chi connectivity index (χ4n) is 3.35. The fraction of sp³-hybridized carbons (Fsp3) is 0.500. The molecule has 0 fully saturated rings. The second-order valence-electron chi connectivity index (χ2n) is 9.91. The molecule has 30 heteroatoms. The molecule has 446 valence electrons. The van der Waals surface area contributed by atoms with E-state index in [0.717, 1.165) is 109 Å². The van der Waals surface area contributed by atoms with E-state index < -0.39 is 0 Å². The summed E-state index contributed by atoms with van der Waals surface area (Å²) < 4.78 is 33.3. The van der Waals surface area contributed by atoms with E-state index in [1.807, 2.05) is 72.8 Å². The fourth-order valence-corrected chi connectivity index (χ4v) is 4.85. The molecular formula is C40H60Cu8I8N2O6S6. The van der Waals surface area contributed by atoms with Crippen LogP contribution in [0.5, 0.6) is 34.5 Å². The molecule has 0 amide bonds. The van der Waals surface area contributed by atoms with Gasteiger partial charge in [-0.15, -0.1) is 0 Å². The first-order valence-electron chi connectivity index (χ1n) is 18.0.